The number of carbonyl (C=O) groups excluding carboxylic acids is 1. The molecule has 0 fully saturated rings. The normalized spacial score (nSPS) is 11.0. The van der Waals surface area contributed by atoms with Crippen molar-refractivity contribution in [3.05, 3.63) is 59.9 Å². The van der Waals surface area contributed by atoms with Crippen LogP contribution in [0.1, 0.15) is 5.56 Å². The fourth-order valence-electron chi connectivity index (χ4n) is 1.86. The van der Waals surface area contributed by atoms with E-state index in [2.05, 4.69) is 10.0 Å². The maximum atomic E-state index is 13.8. The van der Waals surface area contributed by atoms with Gasteiger partial charge >= 0.3 is 0 Å². The molecule has 2 N–H and O–H groups in total. The minimum atomic E-state index is -3.55. The fraction of sp³-hybridized carbons (Fsp3) is 0.133. The minimum absolute atomic E-state index is 0.163. The Kier molecular flexibility index (Phi) is 4.77. The molecule has 0 unspecified atom stereocenters. The summed E-state index contributed by atoms with van der Waals surface area (Å²) < 4.78 is 38.0. The largest absolute Gasteiger partial charge is 0.326 e. The molecule has 0 atom stereocenters. The van der Waals surface area contributed by atoms with Gasteiger partial charge in [-0.25, -0.2) is 12.8 Å². The zero-order valence-corrected chi connectivity index (χ0v) is 12.7. The van der Waals surface area contributed by atoms with Crippen LogP contribution in [-0.2, 0) is 21.2 Å². The van der Waals surface area contributed by atoms with Crippen LogP contribution in [0.15, 0.2) is 48.5 Å². The van der Waals surface area contributed by atoms with Gasteiger partial charge in [0.2, 0.25) is 15.9 Å². The van der Waals surface area contributed by atoms with E-state index >= 15 is 0 Å². The van der Waals surface area contributed by atoms with Gasteiger partial charge in [0.05, 0.1) is 18.4 Å². The molecule has 0 heterocycles. The molecule has 0 aromatic heterocycles. The van der Waals surface area contributed by atoms with E-state index in [1.165, 1.54) is 12.1 Å². The van der Waals surface area contributed by atoms with E-state index in [0.29, 0.717) is 0 Å². The van der Waals surface area contributed by atoms with Gasteiger partial charge in [-0.05, 0) is 23.8 Å². The van der Waals surface area contributed by atoms with Crippen LogP contribution < -0.4 is 10.0 Å². The van der Waals surface area contributed by atoms with E-state index in [0.717, 1.165) is 17.9 Å². The average molecular weight is 322 g/mol. The van der Waals surface area contributed by atoms with Crippen LogP contribution >= 0.6 is 0 Å². The van der Waals surface area contributed by atoms with Crippen LogP contribution in [0.3, 0.4) is 0 Å². The smallest absolute Gasteiger partial charge is 0.229 e. The van der Waals surface area contributed by atoms with Crippen molar-refractivity contribution in [3.8, 4) is 0 Å². The first-order valence-electron chi connectivity index (χ1n) is 6.44. The number of anilines is 2. The molecule has 2 aromatic rings. The molecule has 0 aliphatic rings. The highest BCUT2D eigenvalue weighted by Gasteiger charge is 2.10. The van der Waals surface area contributed by atoms with Gasteiger partial charge < -0.3 is 5.32 Å². The van der Waals surface area contributed by atoms with E-state index < -0.39 is 15.8 Å². The highest BCUT2D eigenvalue weighted by molar-refractivity contribution is 7.92. The van der Waals surface area contributed by atoms with Crippen LogP contribution in [0.4, 0.5) is 15.8 Å². The van der Waals surface area contributed by atoms with E-state index in [-0.39, 0.29) is 23.7 Å². The molecule has 2 aromatic carbocycles. The summed E-state index contributed by atoms with van der Waals surface area (Å²) in [4.78, 5) is 11.9. The molecule has 0 saturated heterocycles. The van der Waals surface area contributed by atoms with Crippen LogP contribution in [0.2, 0.25) is 0 Å². The zero-order chi connectivity index (χ0) is 16.2. The van der Waals surface area contributed by atoms with Crippen molar-refractivity contribution in [2.75, 3.05) is 16.3 Å². The summed E-state index contributed by atoms with van der Waals surface area (Å²) in [6.45, 7) is 0. The summed E-state index contributed by atoms with van der Waals surface area (Å²) in [5.74, 6) is -1.04. The summed E-state index contributed by atoms with van der Waals surface area (Å²) in [5, 5.41) is 2.57. The molecule has 5 nitrogen and oxygen atoms in total. The lowest BCUT2D eigenvalue weighted by molar-refractivity contribution is -0.115. The highest BCUT2D eigenvalue weighted by atomic mass is 32.2. The number of rotatable bonds is 5. The second-order valence-electron chi connectivity index (χ2n) is 4.78. The van der Waals surface area contributed by atoms with E-state index in [1.807, 2.05) is 30.3 Å². The molecular formula is C15H15FN2O3S. The Balaban J connectivity index is 2.04. The fourth-order valence-corrected chi connectivity index (χ4v) is 2.43. The topological polar surface area (TPSA) is 75.3 Å². The molecule has 1 amide bonds. The van der Waals surface area contributed by atoms with E-state index in [4.69, 9.17) is 0 Å². The number of nitrogens with one attached hydrogen (secondary N) is 2. The highest BCUT2D eigenvalue weighted by Crippen LogP contribution is 2.20. The summed E-state index contributed by atoms with van der Waals surface area (Å²) in [7, 11) is -3.55. The van der Waals surface area contributed by atoms with Gasteiger partial charge in [-0.3, -0.25) is 9.52 Å². The Morgan fingerprint density at radius 2 is 1.82 bits per heavy atom. The first-order chi connectivity index (χ1) is 10.3. The second kappa shape index (κ2) is 6.57. The van der Waals surface area contributed by atoms with Crippen molar-refractivity contribution in [3.63, 3.8) is 0 Å². The third-order valence-electron chi connectivity index (χ3n) is 2.76. The lowest BCUT2D eigenvalue weighted by atomic mass is 10.1. The van der Waals surface area contributed by atoms with Crippen LogP contribution in [-0.4, -0.2) is 20.6 Å². The molecule has 22 heavy (non-hydrogen) atoms. The van der Waals surface area contributed by atoms with Crippen molar-refractivity contribution < 1.29 is 17.6 Å². The molecule has 2 rings (SSSR count). The van der Waals surface area contributed by atoms with Gasteiger partial charge in [-0.1, -0.05) is 30.3 Å². The van der Waals surface area contributed by atoms with Gasteiger partial charge in [-0.2, -0.15) is 0 Å². The third-order valence-corrected chi connectivity index (χ3v) is 3.35. The van der Waals surface area contributed by atoms with Gasteiger partial charge in [0.15, 0.2) is 0 Å². The summed E-state index contributed by atoms with van der Waals surface area (Å²) in [6.07, 6.45) is 1.10. The molecule has 0 bridgehead atoms. The van der Waals surface area contributed by atoms with Crippen molar-refractivity contribution in [2.24, 2.45) is 0 Å². The summed E-state index contributed by atoms with van der Waals surface area (Å²) in [5.41, 5.74) is 0.942. The molecule has 0 radical (unpaired) electrons. The lowest BCUT2D eigenvalue weighted by Crippen LogP contribution is -2.15. The number of benzene rings is 2. The Labute approximate surface area is 128 Å². The first-order valence-corrected chi connectivity index (χ1v) is 8.34. The quantitative estimate of drug-likeness (QED) is 0.887. The van der Waals surface area contributed by atoms with Crippen molar-refractivity contribution in [1.29, 1.82) is 0 Å². The first kappa shape index (κ1) is 16.0. The standard InChI is InChI=1S/C15H15FN2O3S/c1-22(20,21)18-14-8-7-12(10-13(14)16)17-15(19)9-11-5-3-2-4-6-11/h2-8,10,18H,9H2,1H3,(H,17,19). The Hall–Kier alpha value is -2.41. The van der Waals surface area contributed by atoms with E-state index in [9.17, 15) is 17.6 Å². The van der Waals surface area contributed by atoms with Crippen LogP contribution in [0.25, 0.3) is 0 Å². The summed E-state index contributed by atoms with van der Waals surface area (Å²) >= 11 is 0. The van der Waals surface area contributed by atoms with Crippen molar-refractivity contribution in [1.82, 2.24) is 0 Å². The Morgan fingerprint density at radius 3 is 2.41 bits per heavy atom. The molecule has 116 valence electrons. The Bertz CT molecular complexity index is 777. The van der Waals surface area contributed by atoms with Gasteiger partial charge in [0.25, 0.3) is 0 Å². The number of carbonyl (C=O) groups is 1. The maximum absolute atomic E-state index is 13.8. The SMILES string of the molecule is CS(=O)(=O)Nc1ccc(NC(=O)Cc2ccccc2)cc1F. The molecule has 0 aliphatic heterocycles. The zero-order valence-electron chi connectivity index (χ0n) is 11.8. The van der Waals surface area contributed by atoms with Crippen LogP contribution in [0.5, 0.6) is 0 Å². The monoisotopic (exact) mass is 322 g/mol. The predicted molar refractivity (Wildman–Crippen MR) is 83.6 cm³/mol. The van der Waals surface area contributed by atoms with Gasteiger partial charge in [0, 0.05) is 5.69 Å². The molecule has 0 spiro atoms. The molecule has 0 saturated carbocycles. The Morgan fingerprint density at radius 1 is 1.14 bits per heavy atom. The molecule has 7 heteroatoms. The number of hydrogen-bond acceptors (Lipinski definition) is 3. The lowest BCUT2D eigenvalue weighted by Gasteiger charge is -2.09. The van der Waals surface area contributed by atoms with Gasteiger partial charge in [0.1, 0.15) is 5.82 Å². The average Bonchev–Trinajstić information content (AvgIpc) is 2.41. The number of sulfonamides is 1. The van der Waals surface area contributed by atoms with E-state index in [1.54, 1.807) is 0 Å². The maximum Gasteiger partial charge on any atom is 0.229 e. The number of hydrogen-bond donors (Lipinski definition) is 2. The van der Waals surface area contributed by atoms with Gasteiger partial charge in [-0.15, -0.1) is 0 Å². The predicted octanol–water partition coefficient (Wildman–Crippen LogP) is 2.38. The van der Waals surface area contributed by atoms with Crippen molar-refractivity contribution >= 4 is 27.3 Å². The van der Waals surface area contributed by atoms with Crippen LogP contribution in [0, 0.1) is 5.82 Å². The number of amides is 1. The number of halogens is 1. The second-order valence-corrected chi connectivity index (χ2v) is 6.53. The molecular weight excluding hydrogens is 307 g/mol. The third kappa shape index (κ3) is 4.85. The summed E-state index contributed by atoms with van der Waals surface area (Å²) in [6, 6.07) is 12.9. The van der Waals surface area contributed by atoms with Crippen molar-refractivity contribution in [2.45, 2.75) is 6.42 Å². The minimum Gasteiger partial charge on any atom is -0.326 e. The molecule has 0 aliphatic carbocycles.